The van der Waals surface area contributed by atoms with Crippen molar-refractivity contribution in [2.75, 3.05) is 11.9 Å². The summed E-state index contributed by atoms with van der Waals surface area (Å²) in [6.07, 6.45) is 2.56. The van der Waals surface area contributed by atoms with Gasteiger partial charge in [0.1, 0.15) is 0 Å². The molecule has 0 radical (unpaired) electrons. The quantitative estimate of drug-likeness (QED) is 0.738. The van der Waals surface area contributed by atoms with Crippen LogP contribution in [0, 0.1) is 12.8 Å². The van der Waals surface area contributed by atoms with Gasteiger partial charge in [0.05, 0.1) is 12.1 Å². The van der Waals surface area contributed by atoms with Crippen molar-refractivity contribution in [2.45, 2.75) is 31.9 Å². The maximum atomic E-state index is 6.18. The lowest BCUT2D eigenvalue weighted by Crippen LogP contribution is -2.36. The minimum absolute atomic E-state index is 0.203. The van der Waals surface area contributed by atoms with E-state index >= 15 is 0 Å². The summed E-state index contributed by atoms with van der Waals surface area (Å²) in [7, 11) is 0. The molecule has 2 nitrogen and oxygen atoms in total. The molecule has 0 spiro atoms. The molecule has 1 N–H and O–H groups in total. The molecule has 2 aliphatic heterocycles. The summed E-state index contributed by atoms with van der Waals surface area (Å²) in [6.45, 7) is 3.01. The van der Waals surface area contributed by atoms with Crippen molar-refractivity contribution in [1.82, 2.24) is 0 Å². The molecule has 0 amide bonds. The topological polar surface area (TPSA) is 21.3 Å². The van der Waals surface area contributed by atoms with Crippen LogP contribution in [0.25, 0.3) is 0 Å². The van der Waals surface area contributed by atoms with E-state index in [1.165, 1.54) is 28.8 Å². The fraction of sp³-hybridized carbons (Fsp3) is 0.368. The van der Waals surface area contributed by atoms with Gasteiger partial charge >= 0.3 is 0 Å². The molecule has 3 heteroatoms. The summed E-state index contributed by atoms with van der Waals surface area (Å²) in [4.78, 5) is 0. The number of rotatable bonds is 1. The van der Waals surface area contributed by atoms with E-state index in [9.17, 15) is 0 Å². The third kappa shape index (κ3) is 2.46. The van der Waals surface area contributed by atoms with Crippen LogP contribution in [-0.4, -0.2) is 6.61 Å². The molecule has 2 aromatic carbocycles. The predicted molar refractivity (Wildman–Crippen MR) is 93.1 cm³/mol. The monoisotopic (exact) mass is 357 g/mol. The van der Waals surface area contributed by atoms with Gasteiger partial charge in [0.2, 0.25) is 0 Å². The molecule has 2 aromatic rings. The fourth-order valence-corrected chi connectivity index (χ4v) is 4.12. The van der Waals surface area contributed by atoms with Crippen LogP contribution in [0.3, 0.4) is 0 Å². The third-order valence-electron chi connectivity index (χ3n) is 4.86. The molecule has 4 rings (SSSR count). The Balaban J connectivity index is 1.77. The Bertz CT molecular complexity index is 682. The van der Waals surface area contributed by atoms with Gasteiger partial charge in [0.15, 0.2) is 0 Å². The minimum Gasteiger partial charge on any atom is -0.378 e. The number of hydrogen-bond acceptors (Lipinski definition) is 2. The van der Waals surface area contributed by atoms with E-state index in [4.69, 9.17) is 4.74 Å². The molecular weight excluding hydrogens is 338 g/mol. The molecule has 3 atom stereocenters. The summed E-state index contributed by atoms with van der Waals surface area (Å²) in [5.74, 6) is 0.498. The lowest BCUT2D eigenvalue weighted by Gasteiger charge is -2.43. The summed E-state index contributed by atoms with van der Waals surface area (Å²) >= 11 is 3.59. The van der Waals surface area contributed by atoms with Gasteiger partial charge < -0.3 is 10.1 Å². The number of hydrogen-bond donors (Lipinski definition) is 1. The van der Waals surface area contributed by atoms with Crippen molar-refractivity contribution in [3.63, 3.8) is 0 Å². The van der Waals surface area contributed by atoms with Crippen LogP contribution in [0.15, 0.2) is 46.9 Å². The second kappa shape index (κ2) is 5.71. The summed E-state index contributed by atoms with van der Waals surface area (Å²) in [5.41, 5.74) is 5.17. The van der Waals surface area contributed by atoms with Crippen LogP contribution >= 0.6 is 15.9 Å². The van der Waals surface area contributed by atoms with E-state index in [1.54, 1.807) is 0 Å². The molecule has 0 bridgehead atoms. The highest BCUT2D eigenvalue weighted by molar-refractivity contribution is 9.10. The summed E-state index contributed by atoms with van der Waals surface area (Å²) in [5, 5.41) is 3.76. The minimum atomic E-state index is 0.203. The first kappa shape index (κ1) is 14.3. The first-order chi connectivity index (χ1) is 10.7. The van der Waals surface area contributed by atoms with Crippen molar-refractivity contribution >= 4 is 21.6 Å². The van der Waals surface area contributed by atoms with Crippen LogP contribution in [0.1, 0.15) is 41.7 Å². The summed E-state index contributed by atoms with van der Waals surface area (Å²) < 4.78 is 7.30. The molecule has 3 unspecified atom stereocenters. The average Bonchev–Trinajstić information content (AvgIpc) is 2.55. The molecule has 0 aromatic heterocycles. The van der Waals surface area contributed by atoms with Gasteiger partial charge in [-0.15, -0.1) is 0 Å². The van der Waals surface area contributed by atoms with E-state index in [2.05, 4.69) is 70.6 Å². The summed E-state index contributed by atoms with van der Waals surface area (Å²) in [6, 6.07) is 15.7. The Hall–Kier alpha value is -1.32. The maximum Gasteiger partial charge on any atom is 0.0896 e. The molecule has 1 saturated heterocycles. The highest BCUT2D eigenvalue weighted by Crippen LogP contribution is 2.49. The van der Waals surface area contributed by atoms with Gasteiger partial charge in [-0.3, -0.25) is 0 Å². The lowest BCUT2D eigenvalue weighted by molar-refractivity contribution is -0.0381. The van der Waals surface area contributed by atoms with Crippen LogP contribution in [-0.2, 0) is 4.74 Å². The molecular formula is C19H20BrNO. The number of ether oxygens (including phenoxy) is 1. The average molecular weight is 358 g/mol. The zero-order valence-electron chi connectivity index (χ0n) is 12.7. The first-order valence-corrected chi connectivity index (χ1v) is 8.76. The molecule has 114 valence electrons. The fourth-order valence-electron chi connectivity index (χ4n) is 3.75. The third-order valence-corrected chi connectivity index (χ3v) is 5.36. The largest absolute Gasteiger partial charge is 0.378 e. The SMILES string of the molecule is Cc1ccc(C2Nc3ccc(Br)cc3C3OCCCC23)cc1. The van der Waals surface area contributed by atoms with Crippen LogP contribution in [0.5, 0.6) is 0 Å². The Morgan fingerprint density at radius 3 is 2.77 bits per heavy atom. The van der Waals surface area contributed by atoms with Crippen molar-refractivity contribution in [3.8, 4) is 0 Å². The number of nitrogens with one attached hydrogen (secondary N) is 1. The predicted octanol–water partition coefficient (Wildman–Crippen LogP) is 5.39. The molecule has 0 aliphatic carbocycles. The van der Waals surface area contributed by atoms with Crippen LogP contribution in [0.2, 0.25) is 0 Å². The van der Waals surface area contributed by atoms with E-state index in [-0.39, 0.29) is 6.10 Å². The Morgan fingerprint density at radius 2 is 1.95 bits per heavy atom. The van der Waals surface area contributed by atoms with Crippen molar-refractivity contribution in [2.24, 2.45) is 5.92 Å². The highest BCUT2D eigenvalue weighted by Gasteiger charge is 2.39. The number of fused-ring (bicyclic) bond motifs is 3. The standard InChI is InChI=1S/C19H20BrNO/c1-12-4-6-13(7-5-12)18-15-3-2-10-22-19(15)16-11-14(20)8-9-17(16)21-18/h4-9,11,15,18-19,21H,2-3,10H2,1H3. The molecule has 0 saturated carbocycles. The molecule has 2 heterocycles. The number of anilines is 1. The van der Waals surface area contributed by atoms with Crippen molar-refractivity contribution in [1.29, 1.82) is 0 Å². The van der Waals surface area contributed by atoms with E-state index in [1.807, 2.05) is 0 Å². The highest BCUT2D eigenvalue weighted by atomic mass is 79.9. The zero-order valence-corrected chi connectivity index (χ0v) is 14.3. The molecule has 1 fully saturated rings. The van der Waals surface area contributed by atoms with Crippen molar-refractivity contribution in [3.05, 3.63) is 63.6 Å². The number of aryl methyl sites for hydroxylation is 1. The second-order valence-electron chi connectivity index (χ2n) is 6.36. The second-order valence-corrected chi connectivity index (χ2v) is 7.28. The zero-order chi connectivity index (χ0) is 15.1. The van der Waals surface area contributed by atoms with E-state index in [0.29, 0.717) is 12.0 Å². The van der Waals surface area contributed by atoms with Gasteiger partial charge in [0, 0.05) is 28.2 Å². The smallest absolute Gasteiger partial charge is 0.0896 e. The van der Waals surface area contributed by atoms with Gasteiger partial charge in [0.25, 0.3) is 0 Å². The van der Waals surface area contributed by atoms with Crippen LogP contribution < -0.4 is 5.32 Å². The van der Waals surface area contributed by atoms with Crippen LogP contribution in [0.4, 0.5) is 5.69 Å². The van der Waals surface area contributed by atoms with E-state index < -0.39 is 0 Å². The van der Waals surface area contributed by atoms with E-state index in [0.717, 1.165) is 17.5 Å². The number of benzene rings is 2. The van der Waals surface area contributed by atoms with Gasteiger partial charge in [-0.1, -0.05) is 45.8 Å². The Morgan fingerprint density at radius 1 is 1.14 bits per heavy atom. The Kier molecular flexibility index (Phi) is 3.71. The maximum absolute atomic E-state index is 6.18. The van der Waals surface area contributed by atoms with Gasteiger partial charge in [-0.05, 0) is 43.5 Å². The normalized spacial score (nSPS) is 26.7. The van der Waals surface area contributed by atoms with Crippen molar-refractivity contribution < 1.29 is 4.74 Å². The van der Waals surface area contributed by atoms with Gasteiger partial charge in [-0.25, -0.2) is 0 Å². The Labute approximate surface area is 140 Å². The number of halogens is 1. The lowest BCUT2D eigenvalue weighted by atomic mass is 9.77. The van der Waals surface area contributed by atoms with Gasteiger partial charge in [-0.2, -0.15) is 0 Å². The molecule has 2 aliphatic rings. The molecule has 22 heavy (non-hydrogen) atoms. The first-order valence-electron chi connectivity index (χ1n) is 7.96.